The number of para-hydroxylation sites is 1. The fourth-order valence-electron chi connectivity index (χ4n) is 1.60. The number of ether oxygens (including phenoxy) is 1. The Hall–Kier alpha value is -2.10. The Morgan fingerprint density at radius 1 is 1.44 bits per heavy atom. The van der Waals surface area contributed by atoms with Crippen molar-refractivity contribution in [1.29, 1.82) is 0 Å². The quantitative estimate of drug-likeness (QED) is 0.793. The van der Waals surface area contributed by atoms with Crippen molar-refractivity contribution in [3.8, 4) is 5.75 Å². The number of methoxy groups -OCH3 is 1. The summed E-state index contributed by atoms with van der Waals surface area (Å²) in [6.45, 7) is 0. The van der Waals surface area contributed by atoms with Crippen molar-refractivity contribution >= 4 is 6.29 Å². The molecule has 1 N–H and O–H groups in total. The minimum atomic E-state index is 0.589. The van der Waals surface area contributed by atoms with E-state index < -0.39 is 0 Å². The van der Waals surface area contributed by atoms with Crippen LogP contribution in [0.2, 0.25) is 0 Å². The lowest BCUT2D eigenvalue weighted by Gasteiger charge is -2.06. The van der Waals surface area contributed by atoms with Gasteiger partial charge in [-0.15, -0.1) is 0 Å². The number of nitrogens with zero attached hydrogens (tertiary/aromatic N) is 1. The topological polar surface area (TPSA) is 55.0 Å². The predicted molar refractivity (Wildman–Crippen MR) is 59.8 cm³/mol. The second-order valence-corrected chi connectivity index (χ2v) is 3.41. The second-order valence-electron chi connectivity index (χ2n) is 3.41. The zero-order valence-corrected chi connectivity index (χ0v) is 8.93. The zero-order valence-electron chi connectivity index (χ0n) is 8.93. The average Bonchev–Trinajstić information content (AvgIpc) is 2.77. The summed E-state index contributed by atoms with van der Waals surface area (Å²) in [5.41, 5.74) is 2.42. The molecule has 1 heterocycles. The third kappa shape index (κ3) is 1.95. The standard InChI is InChI=1S/C12H12N2O2/c1-16-12-5-3-2-4-9(12)6-11-10(8-15)7-13-14-11/h2-5,7-8H,6H2,1H3,(H,13,14). The molecule has 0 aliphatic rings. The Kier molecular flexibility index (Phi) is 3.00. The summed E-state index contributed by atoms with van der Waals surface area (Å²) in [6.07, 6.45) is 2.93. The van der Waals surface area contributed by atoms with Gasteiger partial charge in [0.25, 0.3) is 0 Å². The molecule has 0 amide bonds. The Morgan fingerprint density at radius 3 is 3.00 bits per heavy atom. The fraction of sp³-hybridized carbons (Fsp3) is 0.167. The molecule has 0 saturated carbocycles. The van der Waals surface area contributed by atoms with Crippen LogP contribution in [0.1, 0.15) is 21.6 Å². The summed E-state index contributed by atoms with van der Waals surface area (Å²) < 4.78 is 5.24. The molecule has 4 heteroatoms. The van der Waals surface area contributed by atoms with Gasteiger partial charge in [-0.2, -0.15) is 5.10 Å². The molecule has 0 bridgehead atoms. The van der Waals surface area contributed by atoms with Crippen molar-refractivity contribution in [2.45, 2.75) is 6.42 Å². The molecule has 0 aliphatic heterocycles. The fourth-order valence-corrected chi connectivity index (χ4v) is 1.60. The van der Waals surface area contributed by atoms with E-state index in [0.29, 0.717) is 12.0 Å². The van der Waals surface area contributed by atoms with Crippen molar-refractivity contribution in [1.82, 2.24) is 10.2 Å². The summed E-state index contributed by atoms with van der Waals surface area (Å²) >= 11 is 0. The van der Waals surface area contributed by atoms with Crippen LogP contribution >= 0.6 is 0 Å². The van der Waals surface area contributed by atoms with E-state index >= 15 is 0 Å². The predicted octanol–water partition coefficient (Wildman–Crippen LogP) is 1.82. The molecule has 1 aromatic carbocycles. The molecule has 1 aromatic heterocycles. The molecule has 0 aliphatic carbocycles. The van der Waals surface area contributed by atoms with E-state index in [4.69, 9.17) is 4.74 Å². The summed E-state index contributed by atoms with van der Waals surface area (Å²) in [5.74, 6) is 0.814. The number of H-pyrrole nitrogens is 1. The number of carbonyl (C=O) groups excluding carboxylic acids is 1. The maximum Gasteiger partial charge on any atom is 0.153 e. The van der Waals surface area contributed by atoms with Crippen LogP contribution in [0, 0.1) is 0 Å². The van der Waals surface area contributed by atoms with Crippen LogP contribution < -0.4 is 4.74 Å². The number of carbonyl (C=O) groups is 1. The maximum atomic E-state index is 10.7. The van der Waals surface area contributed by atoms with Gasteiger partial charge < -0.3 is 4.74 Å². The zero-order chi connectivity index (χ0) is 11.4. The Balaban J connectivity index is 2.30. The van der Waals surface area contributed by atoms with Gasteiger partial charge in [-0.05, 0) is 6.07 Å². The van der Waals surface area contributed by atoms with Crippen LogP contribution in [-0.2, 0) is 6.42 Å². The molecule has 2 rings (SSSR count). The number of nitrogens with one attached hydrogen (secondary N) is 1. The smallest absolute Gasteiger partial charge is 0.153 e. The highest BCUT2D eigenvalue weighted by atomic mass is 16.5. The minimum Gasteiger partial charge on any atom is -0.496 e. The van der Waals surface area contributed by atoms with Crippen molar-refractivity contribution in [3.05, 3.63) is 47.3 Å². The van der Waals surface area contributed by atoms with E-state index in [2.05, 4.69) is 10.2 Å². The first kappa shape index (κ1) is 10.4. The van der Waals surface area contributed by atoms with Gasteiger partial charge in [-0.25, -0.2) is 0 Å². The van der Waals surface area contributed by atoms with E-state index in [-0.39, 0.29) is 0 Å². The van der Waals surface area contributed by atoms with Crippen LogP contribution in [0.4, 0.5) is 0 Å². The molecular weight excluding hydrogens is 204 g/mol. The minimum absolute atomic E-state index is 0.589. The average molecular weight is 216 g/mol. The van der Waals surface area contributed by atoms with Gasteiger partial charge in [0.1, 0.15) is 5.75 Å². The number of hydrogen-bond donors (Lipinski definition) is 1. The van der Waals surface area contributed by atoms with Crippen molar-refractivity contribution in [2.24, 2.45) is 0 Å². The Morgan fingerprint density at radius 2 is 2.25 bits per heavy atom. The molecule has 16 heavy (non-hydrogen) atoms. The highest BCUT2D eigenvalue weighted by molar-refractivity contribution is 5.76. The van der Waals surface area contributed by atoms with Crippen LogP contribution in [-0.4, -0.2) is 23.6 Å². The van der Waals surface area contributed by atoms with Crippen LogP contribution in [0.15, 0.2) is 30.5 Å². The molecule has 0 radical (unpaired) electrons. The van der Waals surface area contributed by atoms with E-state index in [1.165, 1.54) is 6.20 Å². The first-order valence-corrected chi connectivity index (χ1v) is 4.94. The molecule has 0 fully saturated rings. The Labute approximate surface area is 93.3 Å². The van der Waals surface area contributed by atoms with E-state index in [0.717, 1.165) is 23.3 Å². The third-order valence-electron chi connectivity index (χ3n) is 2.44. The van der Waals surface area contributed by atoms with Gasteiger partial charge in [0.15, 0.2) is 6.29 Å². The second kappa shape index (κ2) is 4.61. The number of aromatic nitrogens is 2. The molecule has 0 saturated heterocycles. The van der Waals surface area contributed by atoms with Crippen LogP contribution in [0.3, 0.4) is 0 Å². The SMILES string of the molecule is COc1ccccc1Cc1[nH]ncc1C=O. The van der Waals surface area contributed by atoms with Gasteiger partial charge in [0.2, 0.25) is 0 Å². The number of aromatic amines is 1. The summed E-state index contributed by atoms with van der Waals surface area (Å²) in [7, 11) is 1.63. The molecular formula is C12H12N2O2. The number of rotatable bonds is 4. The lowest BCUT2D eigenvalue weighted by molar-refractivity contribution is 0.112. The van der Waals surface area contributed by atoms with Gasteiger partial charge >= 0.3 is 0 Å². The van der Waals surface area contributed by atoms with Crippen molar-refractivity contribution < 1.29 is 9.53 Å². The lowest BCUT2D eigenvalue weighted by atomic mass is 10.1. The number of benzene rings is 1. The van der Waals surface area contributed by atoms with E-state index in [1.54, 1.807) is 7.11 Å². The van der Waals surface area contributed by atoms with Crippen LogP contribution in [0.5, 0.6) is 5.75 Å². The maximum absolute atomic E-state index is 10.7. The summed E-state index contributed by atoms with van der Waals surface area (Å²) in [4.78, 5) is 10.7. The van der Waals surface area contributed by atoms with Gasteiger partial charge in [-0.1, -0.05) is 18.2 Å². The van der Waals surface area contributed by atoms with Gasteiger partial charge in [0, 0.05) is 12.0 Å². The number of hydrogen-bond acceptors (Lipinski definition) is 3. The summed E-state index contributed by atoms with van der Waals surface area (Å²) in [6, 6.07) is 7.71. The largest absolute Gasteiger partial charge is 0.496 e. The van der Waals surface area contributed by atoms with E-state index in [1.807, 2.05) is 24.3 Å². The van der Waals surface area contributed by atoms with Crippen LogP contribution in [0.25, 0.3) is 0 Å². The van der Waals surface area contributed by atoms with Crippen molar-refractivity contribution in [3.63, 3.8) is 0 Å². The normalized spacial score (nSPS) is 10.1. The molecule has 0 atom stereocenters. The molecule has 82 valence electrons. The summed E-state index contributed by atoms with van der Waals surface area (Å²) in [5, 5.41) is 6.67. The van der Waals surface area contributed by atoms with Gasteiger partial charge in [-0.3, -0.25) is 9.89 Å². The number of aldehydes is 1. The highest BCUT2D eigenvalue weighted by Crippen LogP contribution is 2.20. The third-order valence-corrected chi connectivity index (χ3v) is 2.44. The first-order valence-electron chi connectivity index (χ1n) is 4.94. The molecule has 2 aromatic rings. The van der Waals surface area contributed by atoms with Gasteiger partial charge in [0.05, 0.1) is 24.6 Å². The van der Waals surface area contributed by atoms with E-state index in [9.17, 15) is 4.79 Å². The molecule has 4 nitrogen and oxygen atoms in total. The highest BCUT2D eigenvalue weighted by Gasteiger charge is 2.08. The molecule has 0 unspecified atom stereocenters. The van der Waals surface area contributed by atoms with Crippen molar-refractivity contribution in [2.75, 3.05) is 7.11 Å². The Bertz CT molecular complexity index is 491. The monoisotopic (exact) mass is 216 g/mol. The molecule has 0 spiro atoms. The first-order chi connectivity index (χ1) is 7.85. The lowest BCUT2D eigenvalue weighted by Crippen LogP contribution is -1.96.